The zero-order valence-corrected chi connectivity index (χ0v) is 10.2. The van der Waals surface area contributed by atoms with E-state index in [0.717, 1.165) is 21.8 Å². The summed E-state index contributed by atoms with van der Waals surface area (Å²) in [6, 6.07) is 7.31. The summed E-state index contributed by atoms with van der Waals surface area (Å²) in [6.45, 7) is 0.170. The number of nitrogens with two attached hydrogens (primary N) is 1. The molecule has 7 heteroatoms. The lowest BCUT2D eigenvalue weighted by Crippen LogP contribution is -2.39. The van der Waals surface area contributed by atoms with Crippen LogP contribution in [-0.2, 0) is 11.3 Å². The third-order valence-corrected chi connectivity index (χ3v) is 2.22. The highest BCUT2D eigenvalue weighted by Crippen LogP contribution is 2.08. The number of thiol groups is 1. The van der Waals surface area contributed by atoms with E-state index in [2.05, 4.69) is 23.2 Å². The van der Waals surface area contributed by atoms with Gasteiger partial charge in [-0.15, -0.1) is 12.6 Å². The Hall–Kier alpha value is -1.73. The Morgan fingerprint density at radius 3 is 2.76 bits per heavy atom. The molecule has 1 aromatic carbocycles. The maximum atomic E-state index is 11.5. The Balaban J connectivity index is 2.50. The van der Waals surface area contributed by atoms with E-state index in [4.69, 9.17) is 10.6 Å². The van der Waals surface area contributed by atoms with E-state index in [-0.39, 0.29) is 6.61 Å². The summed E-state index contributed by atoms with van der Waals surface area (Å²) >= 11 is 4.16. The standard InChI is InChI=1S/C10H14N4O2S/c1-12-14(7-13-11)10(15)16-6-8-2-4-9(17)5-3-8/h2-5,7,12,17H,6,11H2,1H3/b13-7-. The molecule has 1 amide bonds. The SMILES string of the molecule is CNN(/C=N\N)C(=O)OCc1ccc(S)cc1. The lowest BCUT2D eigenvalue weighted by Gasteiger charge is -2.14. The van der Waals surface area contributed by atoms with Gasteiger partial charge in [-0.3, -0.25) is 0 Å². The Morgan fingerprint density at radius 2 is 2.24 bits per heavy atom. The highest BCUT2D eigenvalue weighted by molar-refractivity contribution is 7.80. The first kappa shape index (κ1) is 13.3. The van der Waals surface area contributed by atoms with Crippen LogP contribution in [-0.4, -0.2) is 24.5 Å². The van der Waals surface area contributed by atoms with Gasteiger partial charge in [0.15, 0.2) is 0 Å². The first-order valence-corrected chi connectivity index (χ1v) is 5.26. The molecule has 0 fully saturated rings. The van der Waals surface area contributed by atoms with E-state index in [9.17, 15) is 4.79 Å². The molecular weight excluding hydrogens is 240 g/mol. The van der Waals surface area contributed by atoms with E-state index in [0.29, 0.717) is 0 Å². The van der Waals surface area contributed by atoms with Gasteiger partial charge in [-0.1, -0.05) is 12.1 Å². The van der Waals surface area contributed by atoms with Crippen molar-refractivity contribution in [2.75, 3.05) is 7.05 Å². The van der Waals surface area contributed by atoms with E-state index in [1.165, 1.54) is 0 Å². The summed E-state index contributed by atoms with van der Waals surface area (Å²) in [5.41, 5.74) is 3.44. The monoisotopic (exact) mass is 254 g/mol. The van der Waals surface area contributed by atoms with Crippen LogP contribution in [0.5, 0.6) is 0 Å². The summed E-state index contributed by atoms with van der Waals surface area (Å²) in [6.07, 6.45) is 0.538. The minimum atomic E-state index is -0.586. The molecule has 3 N–H and O–H groups in total. The van der Waals surface area contributed by atoms with Crippen molar-refractivity contribution in [3.05, 3.63) is 29.8 Å². The van der Waals surface area contributed by atoms with Crippen LogP contribution in [0.15, 0.2) is 34.3 Å². The van der Waals surface area contributed by atoms with E-state index < -0.39 is 6.09 Å². The smallest absolute Gasteiger partial charge is 0.430 e. The van der Waals surface area contributed by atoms with Crippen molar-refractivity contribution in [1.29, 1.82) is 0 Å². The maximum absolute atomic E-state index is 11.5. The average Bonchev–Trinajstić information content (AvgIpc) is 2.35. The molecule has 0 saturated heterocycles. The van der Waals surface area contributed by atoms with Crippen LogP contribution in [0.1, 0.15) is 5.56 Å². The molecule has 92 valence electrons. The molecule has 0 aliphatic heterocycles. The molecule has 6 nitrogen and oxygen atoms in total. The number of hydrazine groups is 1. The topological polar surface area (TPSA) is 80.0 Å². The molecule has 0 spiro atoms. The quantitative estimate of drug-likeness (QED) is 0.246. The number of carbonyl (C=O) groups excluding carboxylic acids is 1. The summed E-state index contributed by atoms with van der Waals surface area (Å²) in [5.74, 6) is 4.94. The number of rotatable bonds is 4. The number of benzene rings is 1. The normalized spacial score (nSPS) is 10.5. The zero-order chi connectivity index (χ0) is 12.7. The zero-order valence-electron chi connectivity index (χ0n) is 9.33. The highest BCUT2D eigenvalue weighted by atomic mass is 32.1. The Labute approximate surface area is 105 Å². The number of carbonyl (C=O) groups is 1. The summed E-state index contributed by atoms with van der Waals surface area (Å²) in [4.78, 5) is 12.3. The molecule has 0 atom stereocenters. The number of hydrazone groups is 1. The van der Waals surface area contributed by atoms with Gasteiger partial charge in [-0.05, 0) is 17.7 Å². The molecule has 1 rings (SSSR count). The van der Waals surface area contributed by atoms with Gasteiger partial charge in [0.05, 0.1) is 0 Å². The molecule has 0 saturated carbocycles. The fraction of sp³-hybridized carbons (Fsp3) is 0.200. The van der Waals surface area contributed by atoms with Crippen molar-refractivity contribution in [2.45, 2.75) is 11.5 Å². The Bertz CT molecular complexity index is 394. The molecule has 0 aliphatic carbocycles. The highest BCUT2D eigenvalue weighted by Gasteiger charge is 2.10. The van der Waals surface area contributed by atoms with Gasteiger partial charge in [0.1, 0.15) is 12.9 Å². The van der Waals surface area contributed by atoms with Gasteiger partial charge < -0.3 is 10.6 Å². The summed E-state index contributed by atoms with van der Waals surface area (Å²) < 4.78 is 5.03. The molecule has 0 unspecified atom stereocenters. The van der Waals surface area contributed by atoms with Crippen LogP contribution < -0.4 is 11.3 Å². The fourth-order valence-electron chi connectivity index (χ4n) is 1.07. The summed E-state index contributed by atoms with van der Waals surface area (Å²) in [7, 11) is 1.55. The van der Waals surface area contributed by atoms with Crippen molar-refractivity contribution in [3.63, 3.8) is 0 Å². The van der Waals surface area contributed by atoms with Gasteiger partial charge >= 0.3 is 6.09 Å². The lowest BCUT2D eigenvalue weighted by atomic mass is 10.2. The van der Waals surface area contributed by atoms with Crippen molar-refractivity contribution < 1.29 is 9.53 Å². The van der Waals surface area contributed by atoms with Crippen LogP contribution in [0.3, 0.4) is 0 Å². The molecule has 0 aromatic heterocycles. The van der Waals surface area contributed by atoms with Gasteiger partial charge in [-0.25, -0.2) is 10.2 Å². The minimum Gasteiger partial charge on any atom is -0.443 e. The number of nitrogens with one attached hydrogen (secondary N) is 1. The predicted molar refractivity (Wildman–Crippen MR) is 67.5 cm³/mol. The second-order valence-electron chi connectivity index (χ2n) is 3.08. The number of ether oxygens (including phenoxy) is 1. The van der Waals surface area contributed by atoms with Gasteiger partial charge in [-0.2, -0.15) is 10.1 Å². The molecular formula is C10H14N4O2S. The summed E-state index contributed by atoms with van der Waals surface area (Å²) in [5, 5.41) is 4.26. The van der Waals surface area contributed by atoms with E-state index in [1.807, 2.05) is 24.3 Å². The first-order valence-electron chi connectivity index (χ1n) is 4.82. The van der Waals surface area contributed by atoms with Crippen LogP contribution in [0.25, 0.3) is 0 Å². The largest absolute Gasteiger partial charge is 0.443 e. The minimum absolute atomic E-state index is 0.170. The van der Waals surface area contributed by atoms with E-state index >= 15 is 0 Å². The van der Waals surface area contributed by atoms with Crippen LogP contribution in [0.2, 0.25) is 0 Å². The molecule has 0 heterocycles. The van der Waals surface area contributed by atoms with Crippen molar-refractivity contribution >= 4 is 25.1 Å². The van der Waals surface area contributed by atoms with Gasteiger partial charge in [0, 0.05) is 11.9 Å². The van der Waals surface area contributed by atoms with Gasteiger partial charge in [0.25, 0.3) is 0 Å². The molecule has 1 aromatic rings. The molecule has 17 heavy (non-hydrogen) atoms. The number of nitrogens with zero attached hydrogens (tertiary/aromatic N) is 2. The van der Waals surface area contributed by atoms with Gasteiger partial charge in [0.2, 0.25) is 0 Å². The van der Waals surface area contributed by atoms with Crippen molar-refractivity contribution in [1.82, 2.24) is 10.4 Å². The molecule has 0 radical (unpaired) electrons. The van der Waals surface area contributed by atoms with Crippen molar-refractivity contribution in [2.24, 2.45) is 10.9 Å². The second-order valence-corrected chi connectivity index (χ2v) is 3.60. The van der Waals surface area contributed by atoms with Crippen LogP contribution in [0.4, 0.5) is 4.79 Å². The third-order valence-electron chi connectivity index (χ3n) is 1.92. The lowest BCUT2D eigenvalue weighted by molar-refractivity contribution is 0.108. The Morgan fingerprint density at radius 1 is 1.59 bits per heavy atom. The maximum Gasteiger partial charge on any atom is 0.430 e. The van der Waals surface area contributed by atoms with Crippen molar-refractivity contribution in [3.8, 4) is 0 Å². The Kier molecular flexibility index (Phi) is 5.31. The van der Waals surface area contributed by atoms with E-state index in [1.54, 1.807) is 7.05 Å². The number of amides is 1. The predicted octanol–water partition coefficient (Wildman–Crippen LogP) is 0.950. The molecule has 0 bridgehead atoms. The first-order chi connectivity index (χ1) is 8.17. The number of hydrogen-bond acceptors (Lipinski definition) is 6. The number of hydrogen-bond donors (Lipinski definition) is 3. The fourth-order valence-corrected chi connectivity index (χ4v) is 1.22. The molecule has 0 aliphatic rings. The average molecular weight is 254 g/mol. The van der Waals surface area contributed by atoms with Crippen LogP contribution in [0, 0.1) is 0 Å². The second kappa shape index (κ2) is 6.77. The van der Waals surface area contributed by atoms with Crippen LogP contribution >= 0.6 is 12.6 Å². The third kappa shape index (κ3) is 4.33.